The average Bonchev–Trinajstić information content (AvgIpc) is 3.62. The molecule has 2 nitrogen and oxygen atoms in total. The first kappa shape index (κ1) is 20.5. The Morgan fingerprint density at radius 3 is 1.36 bits per heavy atom. The van der Waals surface area contributed by atoms with Gasteiger partial charge in [0.25, 0.3) is 0 Å². The number of thiophene rings is 3. The van der Waals surface area contributed by atoms with E-state index in [1.165, 1.54) is 30.6 Å². The number of fused-ring (bicyclic) bond motifs is 1. The van der Waals surface area contributed by atoms with Crippen LogP contribution in [0.2, 0.25) is 0 Å². The Morgan fingerprint density at radius 2 is 0.970 bits per heavy atom. The molecular formula is C28H20N2S3. The van der Waals surface area contributed by atoms with Gasteiger partial charge < -0.3 is 0 Å². The van der Waals surface area contributed by atoms with Gasteiger partial charge in [-0.15, -0.1) is 34.0 Å². The van der Waals surface area contributed by atoms with E-state index in [-0.39, 0.29) is 0 Å². The van der Waals surface area contributed by atoms with Crippen molar-refractivity contribution in [1.29, 1.82) is 0 Å². The lowest BCUT2D eigenvalue weighted by Crippen LogP contribution is -2.04. The maximum absolute atomic E-state index is 5.31. The summed E-state index contributed by atoms with van der Waals surface area (Å²) in [6.07, 6.45) is 1.56. The molecular weight excluding hydrogens is 461 g/mol. The quantitative estimate of drug-likeness (QED) is 0.239. The molecule has 0 spiro atoms. The average molecular weight is 481 g/mol. The van der Waals surface area contributed by atoms with E-state index in [4.69, 9.17) is 9.97 Å². The minimum absolute atomic E-state index is 0.778. The van der Waals surface area contributed by atoms with E-state index in [1.54, 1.807) is 22.7 Å². The van der Waals surface area contributed by atoms with Crippen LogP contribution in [-0.4, -0.2) is 9.97 Å². The van der Waals surface area contributed by atoms with Crippen molar-refractivity contribution in [2.45, 2.75) is 12.8 Å². The Labute approximate surface area is 204 Å². The Kier molecular flexibility index (Phi) is 5.60. The van der Waals surface area contributed by atoms with Crippen LogP contribution in [0.5, 0.6) is 0 Å². The van der Waals surface area contributed by atoms with Crippen LogP contribution in [-0.2, 0) is 12.8 Å². The van der Waals surface area contributed by atoms with Crippen LogP contribution in [0.3, 0.4) is 0 Å². The molecule has 0 bridgehead atoms. The number of hydrogen-bond donors (Lipinski definition) is 0. The molecule has 0 fully saturated rings. The molecule has 0 saturated carbocycles. The van der Waals surface area contributed by atoms with Gasteiger partial charge in [-0.05, 0) is 34.0 Å². The van der Waals surface area contributed by atoms with Crippen molar-refractivity contribution in [3.05, 3.63) is 118 Å². The summed E-state index contributed by atoms with van der Waals surface area (Å²) in [7, 11) is 0. The molecule has 6 rings (SSSR count). The molecule has 0 N–H and O–H groups in total. The maximum Gasteiger partial charge on any atom is 0.109 e. The fraction of sp³-hybridized carbons (Fsp3) is 0.0714. The molecule has 0 aliphatic rings. The van der Waals surface area contributed by atoms with Crippen LogP contribution in [0.4, 0.5) is 0 Å². The van der Waals surface area contributed by atoms with Gasteiger partial charge in [-0.1, -0.05) is 72.8 Å². The highest BCUT2D eigenvalue weighted by molar-refractivity contribution is 7.27. The van der Waals surface area contributed by atoms with Gasteiger partial charge in [0.1, 0.15) is 11.0 Å². The van der Waals surface area contributed by atoms with Crippen molar-refractivity contribution in [1.82, 2.24) is 9.97 Å². The summed E-state index contributed by atoms with van der Waals surface area (Å²) in [6, 6.07) is 29.8. The first-order valence-corrected chi connectivity index (χ1v) is 13.4. The molecule has 4 heterocycles. The van der Waals surface area contributed by atoms with Crippen molar-refractivity contribution in [2.24, 2.45) is 0 Å². The zero-order chi connectivity index (χ0) is 22.0. The number of aromatic nitrogens is 2. The van der Waals surface area contributed by atoms with E-state index in [0.29, 0.717) is 0 Å². The number of rotatable bonds is 6. The highest BCUT2D eigenvalue weighted by Gasteiger charge is 2.21. The summed E-state index contributed by atoms with van der Waals surface area (Å²) < 4.78 is 0. The van der Waals surface area contributed by atoms with Gasteiger partial charge >= 0.3 is 0 Å². The summed E-state index contributed by atoms with van der Waals surface area (Å²) >= 11 is 5.34. The van der Waals surface area contributed by atoms with Crippen molar-refractivity contribution >= 4 is 45.0 Å². The summed E-state index contributed by atoms with van der Waals surface area (Å²) in [6.45, 7) is 0. The number of benzene rings is 2. The van der Waals surface area contributed by atoms with Crippen molar-refractivity contribution in [2.75, 3.05) is 0 Å². The van der Waals surface area contributed by atoms with Gasteiger partial charge in [0.15, 0.2) is 0 Å². The molecule has 0 atom stereocenters. The zero-order valence-corrected chi connectivity index (χ0v) is 20.2. The zero-order valence-electron chi connectivity index (χ0n) is 17.8. The van der Waals surface area contributed by atoms with E-state index in [0.717, 1.165) is 35.3 Å². The predicted octanol–water partition coefficient (Wildman–Crippen LogP) is 8.33. The van der Waals surface area contributed by atoms with Crippen LogP contribution < -0.4 is 0 Å². The van der Waals surface area contributed by atoms with Gasteiger partial charge in [-0.2, -0.15) is 0 Å². The van der Waals surface area contributed by atoms with Crippen LogP contribution in [0, 0.1) is 0 Å². The van der Waals surface area contributed by atoms with Crippen LogP contribution in [0.25, 0.3) is 30.5 Å². The Bertz CT molecular complexity index is 1370. The van der Waals surface area contributed by atoms with Gasteiger partial charge in [0.2, 0.25) is 0 Å². The standard InChI is InChI=1S/C28H20N2S3/c1-3-9-19(10-4-1)17-21-22(18-20-11-5-2-6-12-20)30-26-25(29-21)27(23-13-7-15-31-23)33-28(26)24-14-8-16-32-24/h1-16H,17-18H2. The lowest BCUT2D eigenvalue weighted by Gasteiger charge is -2.10. The smallest absolute Gasteiger partial charge is 0.109 e. The molecule has 0 radical (unpaired) electrons. The molecule has 5 heteroatoms. The monoisotopic (exact) mass is 480 g/mol. The fourth-order valence-corrected chi connectivity index (χ4v) is 6.92. The summed E-state index contributed by atoms with van der Waals surface area (Å²) in [5.41, 5.74) is 6.68. The van der Waals surface area contributed by atoms with Gasteiger partial charge in [-0.3, -0.25) is 0 Å². The van der Waals surface area contributed by atoms with E-state index in [2.05, 4.69) is 95.7 Å². The summed E-state index contributed by atoms with van der Waals surface area (Å²) in [5.74, 6) is 0. The molecule has 0 aliphatic carbocycles. The van der Waals surface area contributed by atoms with Crippen molar-refractivity contribution in [3.63, 3.8) is 0 Å². The lowest BCUT2D eigenvalue weighted by atomic mass is 10.0. The molecule has 6 aromatic rings. The van der Waals surface area contributed by atoms with E-state index < -0.39 is 0 Å². The molecule has 0 amide bonds. The topological polar surface area (TPSA) is 25.8 Å². The first-order valence-electron chi connectivity index (χ1n) is 10.8. The predicted molar refractivity (Wildman–Crippen MR) is 143 cm³/mol. The molecule has 160 valence electrons. The lowest BCUT2D eigenvalue weighted by molar-refractivity contribution is 0.971. The van der Waals surface area contributed by atoms with Gasteiger partial charge in [-0.25, -0.2) is 9.97 Å². The van der Waals surface area contributed by atoms with Crippen molar-refractivity contribution < 1.29 is 0 Å². The molecule has 33 heavy (non-hydrogen) atoms. The largest absolute Gasteiger partial charge is 0.247 e. The van der Waals surface area contributed by atoms with Gasteiger partial charge in [0, 0.05) is 22.6 Å². The second-order valence-electron chi connectivity index (χ2n) is 7.85. The Balaban J connectivity index is 1.57. The second kappa shape index (κ2) is 9.02. The number of hydrogen-bond acceptors (Lipinski definition) is 5. The van der Waals surface area contributed by atoms with E-state index in [9.17, 15) is 0 Å². The molecule has 2 aromatic carbocycles. The van der Waals surface area contributed by atoms with Crippen LogP contribution >= 0.6 is 34.0 Å². The maximum atomic E-state index is 5.31. The third kappa shape index (κ3) is 4.15. The van der Waals surface area contributed by atoms with Crippen LogP contribution in [0.15, 0.2) is 95.7 Å². The van der Waals surface area contributed by atoms with E-state index >= 15 is 0 Å². The van der Waals surface area contributed by atoms with Crippen LogP contribution in [0.1, 0.15) is 22.5 Å². The number of nitrogens with zero attached hydrogens (tertiary/aromatic N) is 2. The molecule has 4 aromatic heterocycles. The minimum Gasteiger partial charge on any atom is -0.247 e. The molecule has 0 aliphatic heterocycles. The Hall–Kier alpha value is -3.12. The first-order chi connectivity index (χ1) is 16.3. The second-order valence-corrected chi connectivity index (χ2v) is 10.8. The highest BCUT2D eigenvalue weighted by atomic mass is 32.1. The fourth-order valence-electron chi connectivity index (χ4n) is 4.03. The minimum atomic E-state index is 0.778. The SMILES string of the molecule is c1ccc(Cc2nc3c(-c4cccs4)sc(-c4cccs4)c3nc2Cc2ccccc2)cc1. The molecule has 0 unspecified atom stereocenters. The summed E-state index contributed by atoms with van der Waals surface area (Å²) in [5, 5.41) is 4.27. The van der Waals surface area contributed by atoms with Crippen molar-refractivity contribution in [3.8, 4) is 19.5 Å². The highest BCUT2D eigenvalue weighted by Crippen LogP contribution is 2.45. The molecule has 0 saturated heterocycles. The van der Waals surface area contributed by atoms with Gasteiger partial charge in [0.05, 0.1) is 21.1 Å². The normalized spacial score (nSPS) is 11.3. The third-order valence-corrected chi connectivity index (χ3v) is 8.87. The van der Waals surface area contributed by atoms with E-state index in [1.807, 2.05) is 11.3 Å². The third-order valence-electron chi connectivity index (χ3n) is 5.60. The Morgan fingerprint density at radius 1 is 0.515 bits per heavy atom. The summed E-state index contributed by atoms with van der Waals surface area (Å²) in [4.78, 5) is 15.6.